The third-order valence-electron chi connectivity index (χ3n) is 2.27. The molecule has 0 aromatic heterocycles. The van der Waals surface area contributed by atoms with E-state index in [1.54, 1.807) is 19.1 Å². The maximum atomic E-state index is 11.7. The Balaban J connectivity index is 2.55. The summed E-state index contributed by atoms with van der Waals surface area (Å²) in [5.41, 5.74) is 5.89. The molecule has 0 aliphatic rings. The van der Waals surface area contributed by atoms with E-state index in [0.29, 0.717) is 5.75 Å². The lowest BCUT2D eigenvalue weighted by atomic mass is 10.2. The van der Waals surface area contributed by atoms with Crippen molar-refractivity contribution in [3.63, 3.8) is 0 Å². The number of para-hydroxylation sites is 1. The zero-order chi connectivity index (χ0) is 14.1. The van der Waals surface area contributed by atoms with Crippen molar-refractivity contribution >= 4 is 17.7 Å². The second-order valence-corrected chi connectivity index (χ2v) is 4.60. The summed E-state index contributed by atoms with van der Waals surface area (Å²) in [6.45, 7) is 2.10. The largest absolute Gasteiger partial charge is 0.492 e. The van der Waals surface area contributed by atoms with Crippen molar-refractivity contribution in [3.05, 3.63) is 30.3 Å². The first-order chi connectivity index (χ1) is 9.19. The molecule has 0 radical (unpaired) electrons. The normalized spacial score (nSPS) is 13.1. The molecule has 2 N–H and O–H groups in total. The Morgan fingerprint density at radius 2 is 2.16 bits per heavy atom. The molecule has 2 atom stereocenters. The van der Waals surface area contributed by atoms with Crippen LogP contribution in [0.2, 0.25) is 0 Å². The van der Waals surface area contributed by atoms with Crippen molar-refractivity contribution in [2.45, 2.75) is 18.2 Å². The molecule has 0 heterocycles. The van der Waals surface area contributed by atoms with Crippen LogP contribution in [0.3, 0.4) is 0 Å². The quantitative estimate of drug-likeness (QED) is 0.602. The SMILES string of the molecule is CCOC(=O)C(SC#N)C(N)COc1ccccc1. The van der Waals surface area contributed by atoms with Gasteiger partial charge in [-0.25, -0.2) is 0 Å². The van der Waals surface area contributed by atoms with Gasteiger partial charge in [-0.05, 0) is 30.8 Å². The Labute approximate surface area is 116 Å². The molecule has 19 heavy (non-hydrogen) atoms. The highest BCUT2D eigenvalue weighted by Gasteiger charge is 2.28. The van der Waals surface area contributed by atoms with Crippen LogP contribution in [0, 0.1) is 10.7 Å². The van der Waals surface area contributed by atoms with Crippen LogP contribution in [0.15, 0.2) is 30.3 Å². The number of nitriles is 1. The first kappa shape index (κ1) is 15.3. The van der Waals surface area contributed by atoms with Gasteiger partial charge in [-0.3, -0.25) is 4.79 Å². The Bertz CT molecular complexity index is 433. The second-order valence-electron chi connectivity index (χ2n) is 3.67. The summed E-state index contributed by atoms with van der Waals surface area (Å²) >= 11 is 0.794. The van der Waals surface area contributed by atoms with Crippen molar-refractivity contribution in [2.75, 3.05) is 13.2 Å². The molecule has 0 fully saturated rings. The summed E-state index contributed by atoms with van der Waals surface area (Å²) in [7, 11) is 0. The Morgan fingerprint density at radius 1 is 1.47 bits per heavy atom. The summed E-state index contributed by atoms with van der Waals surface area (Å²) in [5.74, 6) is 0.181. The van der Waals surface area contributed by atoms with E-state index in [9.17, 15) is 4.79 Å². The monoisotopic (exact) mass is 280 g/mol. The number of rotatable bonds is 7. The zero-order valence-corrected chi connectivity index (χ0v) is 11.4. The van der Waals surface area contributed by atoms with Crippen LogP contribution >= 0.6 is 11.8 Å². The number of nitrogens with two attached hydrogens (primary N) is 1. The minimum Gasteiger partial charge on any atom is -0.492 e. The molecule has 5 nitrogen and oxygen atoms in total. The molecule has 0 spiro atoms. The lowest BCUT2D eigenvalue weighted by Gasteiger charge is -2.19. The van der Waals surface area contributed by atoms with Crippen molar-refractivity contribution in [3.8, 4) is 11.2 Å². The summed E-state index contributed by atoms with van der Waals surface area (Å²) in [6, 6.07) is 8.54. The smallest absolute Gasteiger partial charge is 0.321 e. The molecular weight excluding hydrogens is 264 g/mol. The van der Waals surface area contributed by atoms with Gasteiger partial charge in [-0.1, -0.05) is 18.2 Å². The van der Waals surface area contributed by atoms with Gasteiger partial charge in [0.25, 0.3) is 0 Å². The maximum Gasteiger partial charge on any atom is 0.321 e. The number of benzene rings is 1. The van der Waals surface area contributed by atoms with E-state index < -0.39 is 17.3 Å². The molecule has 0 saturated heterocycles. The van der Waals surface area contributed by atoms with E-state index in [2.05, 4.69) is 0 Å². The summed E-state index contributed by atoms with van der Waals surface area (Å²) in [6.07, 6.45) is 0. The van der Waals surface area contributed by atoms with E-state index in [-0.39, 0.29) is 13.2 Å². The summed E-state index contributed by atoms with van der Waals surface area (Å²) in [5, 5.41) is 9.82. The van der Waals surface area contributed by atoms with Gasteiger partial charge in [0.2, 0.25) is 0 Å². The van der Waals surface area contributed by atoms with Crippen LogP contribution in [0.4, 0.5) is 0 Å². The van der Waals surface area contributed by atoms with E-state index in [0.717, 1.165) is 11.8 Å². The molecule has 1 aromatic carbocycles. The molecule has 0 bridgehead atoms. The molecule has 0 aliphatic heterocycles. The number of hydrogen-bond acceptors (Lipinski definition) is 6. The third-order valence-corrected chi connectivity index (χ3v) is 3.17. The number of nitrogens with zero attached hydrogens (tertiary/aromatic N) is 1. The lowest BCUT2D eigenvalue weighted by molar-refractivity contribution is -0.142. The fourth-order valence-corrected chi connectivity index (χ4v) is 1.92. The Kier molecular flexibility index (Phi) is 6.79. The summed E-state index contributed by atoms with van der Waals surface area (Å²) in [4.78, 5) is 11.7. The number of thioether (sulfide) groups is 1. The topological polar surface area (TPSA) is 85.3 Å². The molecule has 0 aliphatic carbocycles. The molecule has 0 amide bonds. The second kappa shape index (κ2) is 8.40. The average Bonchev–Trinajstić information content (AvgIpc) is 2.43. The number of ether oxygens (including phenoxy) is 2. The molecule has 1 aromatic rings. The van der Waals surface area contributed by atoms with Crippen LogP contribution in [-0.2, 0) is 9.53 Å². The molecule has 102 valence electrons. The summed E-state index contributed by atoms with van der Waals surface area (Å²) < 4.78 is 10.4. The van der Waals surface area contributed by atoms with Gasteiger partial charge in [-0.2, -0.15) is 5.26 Å². The van der Waals surface area contributed by atoms with Crippen LogP contribution in [0.25, 0.3) is 0 Å². The lowest BCUT2D eigenvalue weighted by Crippen LogP contribution is -2.43. The van der Waals surface area contributed by atoms with Gasteiger partial charge in [0, 0.05) is 0 Å². The molecule has 1 rings (SSSR count). The Hall–Kier alpha value is -1.71. The van der Waals surface area contributed by atoms with Crippen LogP contribution in [0.5, 0.6) is 5.75 Å². The number of carbonyl (C=O) groups excluding carboxylic acids is 1. The molecule has 6 heteroatoms. The van der Waals surface area contributed by atoms with Gasteiger partial charge in [0.05, 0.1) is 12.6 Å². The predicted molar refractivity (Wildman–Crippen MR) is 73.5 cm³/mol. The predicted octanol–water partition coefficient (Wildman–Crippen LogP) is 1.54. The van der Waals surface area contributed by atoms with Gasteiger partial charge in [0.1, 0.15) is 23.0 Å². The van der Waals surface area contributed by atoms with E-state index >= 15 is 0 Å². The number of thiocyanates is 1. The third kappa shape index (κ3) is 5.20. The minimum atomic E-state index is -0.742. The highest BCUT2D eigenvalue weighted by molar-refractivity contribution is 8.05. The van der Waals surface area contributed by atoms with Crippen molar-refractivity contribution < 1.29 is 14.3 Å². The minimum absolute atomic E-state index is 0.141. The van der Waals surface area contributed by atoms with Crippen LogP contribution < -0.4 is 10.5 Å². The molecular formula is C13H16N2O3S. The van der Waals surface area contributed by atoms with Gasteiger partial charge in [0.15, 0.2) is 0 Å². The molecule has 0 saturated carbocycles. The standard InChI is InChI=1S/C13H16N2O3S/c1-2-17-13(16)12(19-9-14)11(15)8-18-10-6-4-3-5-7-10/h3-7,11-12H,2,8,15H2,1H3. The maximum absolute atomic E-state index is 11.7. The number of esters is 1. The average molecular weight is 280 g/mol. The first-order valence-corrected chi connectivity index (χ1v) is 6.71. The van der Waals surface area contributed by atoms with Crippen molar-refractivity contribution in [1.82, 2.24) is 0 Å². The zero-order valence-electron chi connectivity index (χ0n) is 10.6. The first-order valence-electron chi connectivity index (χ1n) is 5.83. The van der Waals surface area contributed by atoms with Gasteiger partial charge in [-0.15, -0.1) is 0 Å². The Morgan fingerprint density at radius 3 is 2.74 bits per heavy atom. The van der Waals surface area contributed by atoms with Crippen LogP contribution in [-0.4, -0.2) is 30.5 Å². The highest BCUT2D eigenvalue weighted by Crippen LogP contribution is 2.16. The highest BCUT2D eigenvalue weighted by atomic mass is 32.2. The molecule has 2 unspecified atom stereocenters. The van der Waals surface area contributed by atoms with E-state index in [4.69, 9.17) is 20.5 Å². The fraction of sp³-hybridized carbons (Fsp3) is 0.385. The van der Waals surface area contributed by atoms with Gasteiger partial charge < -0.3 is 15.2 Å². The van der Waals surface area contributed by atoms with Crippen molar-refractivity contribution in [2.24, 2.45) is 5.73 Å². The van der Waals surface area contributed by atoms with E-state index in [1.165, 1.54) is 0 Å². The number of hydrogen-bond donors (Lipinski definition) is 1. The fourth-order valence-electron chi connectivity index (χ4n) is 1.39. The number of carbonyl (C=O) groups is 1. The van der Waals surface area contributed by atoms with Crippen molar-refractivity contribution in [1.29, 1.82) is 5.26 Å². The van der Waals surface area contributed by atoms with Crippen LogP contribution in [0.1, 0.15) is 6.92 Å². The van der Waals surface area contributed by atoms with E-state index in [1.807, 2.05) is 23.6 Å². The van der Waals surface area contributed by atoms with Gasteiger partial charge >= 0.3 is 5.97 Å².